The van der Waals surface area contributed by atoms with E-state index in [1.54, 1.807) is 4.90 Å². The third-order valence-corrected chi connectivity index (χ3v) is 4.12. The number of likely N-dealkylation sites (tertiary alicyclic amines) is 1. The van der Waals surface area contributed by atoms with Crippen LogP contribution in [0.5, 0.6) is 0 Å². The first-order valence-corrected chi connectivity index (χ1v) is 8.61. The largest absolute Gasteiger partial charge is 0.453 e. The molecule has 1 amide bonds. The minimum atomic E-state index is -0.209. The first-order chi connectivity index (χ1) is 12.2. The molecule has 0 spiro atoms. The summed E-state index contributed by atoms with van der Waals surface area (Å²) >= 11 is 0. The van der Waals surface area contributed by atoms with Crippen LogP contribution in [0.3, 0.4) is 0 Å². The number of amides is 1. The zero-order valence-electron chi connectivity index (χ0n) is 14.7. The average molecular weight is 341 g/mol. The highest BCUT2D eigenvalue weighted by atomic mass is 16.5. The molecule has 1 heterocycles. The summed E-state index contributed by atoms with van der Waals surface area (Å²) < 4.78 is 4.77. The lowest BCUT2D eigenvalue weighted by Gasteiger charge is -2.31. The van der Waals surface area contributed by atoms with Crippen LogP contribution in [0.4, 0.5) is 16.2 Å². The summed E-state index contributed by atoms with van der Waals surface area (Å²) in [5, 5.41) is 3.41. The van der Waals surface area contributed by atoms with Crippen LogP contribution in [0.1, 0.15) is 12.8 Å². The van der Waals surface area contributed by atoms with Gasteiger partial charge in [-0.3, -0.25) is 0 Å². The number of carbonyl (C=O) groups is 1. The van der Waals surface area contributed by atoms with Crippen LogP contribution >= 0.6 is 0 Å². The number of methoxy groups -OCH3 is 1. The molecule has 5 heteroatoms. The van der Waals surface area contributed by atoms with Gasteiger partial charge in [-0.1, -0.05) is 36.4 Å². The number of carbonyl (C=O) groups excluding carboxylic acids is 1. The van der Waals surface area contributed by atoms with E-state index in [2.05, 4.69) is 17.4 Å². The molecule has 25 heavy (non-hydrogen) atoms. The Bertz CT molecular complexity index is 619. The second-order valence-electron chi connectivity index (χ2n) is 6.08. The predicted molar refractivity (Wildman–Crippen MR) is 102 cm³/mol. The first kappa shape index (κ1) is 18.6. The summed E-state index contributed by atoms with van der Waals surface area (Å²) in [6, 6.07) is 19.6. The number of benzene rings is 2. The molecule has 0 aliphatic carbocycles. The normalized spacial score (nSPS) is 16.4. The molecule has 5 nitrogen and oxygen atoms in total. The number of nitrogen functional groups attached to an aromatic ring is 1. The monoisotopic (exact) mass is 341 g/mol. The van der Waals surface area contributed by atoms with Crippen LogP contribution in [0, 0.1) is 5.92 Å². The van der Waals surface area contributed by atoms with Gasteiger partial charge in [0.1, 0.15) is 0 Å². The van der Waals surface area contributed by atoms with Crippen molar-refractivity contribution in [3.05, 3.63) is 60.7 Å². The topological polar surface area (TPSA) is 67.6 Å². The van der Waals surface area contributed by atoms with Crippen molar-refractivity contribution in [3.8, 4) is 0 Å². The van der Waals surface area contributed by atoms with Gasteiger partial charge in [-0.25, -0.2) is 4.79 Å². The molecule has 1 aliphatic heterocycles. The van der Waals surface area contributed by atoms with Gasteiger partial charge in [0.2, 0.25) is 0 Å². The average Bonchev–Trinajstić information content (AvgIpc) is 2.68. The van der Waals surface area contributed by atoms with Gasteiger partial charge in [-0.05, 0) is 43.0 Å². The highest BCUT2D eigenvalue weighted by Crippen LogP contribution is 2.18. The molecule has 1 unspecified atom stereocenters. The Hall–Kier alpha value is -2.69. The molecule has 0 saturated carbocycles. The number of piperidine rings is 1. The van der Waals surface area contributed by atoms with Gasteiger partial charge in [-0.15, -0.1) is 0 Å². The van der Waals surface area contributed by atoms with Crippen molar-refractivity contribution in [1.82, 2.24) is 4.90 Å². The quantitative estimate of drug-likeness (QED) is 0.832. The molecule has 2 aromatic rings. The van der Waals surface area contributed by atoms with E-state index in [0.29, 0.717) is 5.92 Å². The van der Waals surface area contributed by atoms with E-state index in [-0.39, 0.29) is 6.09 Å². The van der Waals surface area contributed by atoms with E-state index in [0.717, 1.165) is 43.9 Å². The van der Waals surface area contributed by atoms with E-state index in [4.69, 9.17) is 10.5 Å². The molecule has 2 aromatic carbocycles. The summed E-state index contributed by atoms with van der Waals surface area (Å²) in [6.45, 7) is 2.50. The number of rotatable bonds is 3. The highest BCUT2D eigenvalue weighted by Gasteiger charge is 2.23. The second kappa shape index (κ2) is 10.2. The number of ether oxygens (including phenoxy) is 1. The molecular weight excluding hydrogens is 314 g/mol. The lowest BCUT2D eigenvalue weighted by Crippen LogP contribution is -2.41. The van der Waals surface area contributed by atoms with E-state index in [1.165, 1.54) is 7.11 Å². The van der Waals surface area contributed by atoms with Crippen LogP contribution < -0.4 is 11.1 Å². The summed E-state index contributed by atoms with van der Waals surface area (Å²) in [4.78, 5) is 13.3. The fourth-order valence-electron chi connectivity index (χ4n) is 2.80. The van der Waals surface area contributed by atoms with Crippen LogP contribution in [0.15, 0.2) is 60.7 Å². The van der Waals surface area contributed by atoms with E-state index in [1.807, 2.05) is 48.5 Å². The number of para-hydroxylation sites is 2. The number of hydrogen-bond donors (Lipinski definition) is 2. The minimum Gasteiger partial charge on any atom is -0.453 e. The van der Waals surface area contributed by atoms with Crippen molar-refractivity contribution in [2.45, 2.75) is 12.8 Å². The van der Waals surface area contributed by atoms with Gasteiger partial charge in [0, 0.05) is 31.0 Å². The van der Waals surface area contributed by atoms with Crippen LogP contribution in [0.2, 0.25) is 0 Å². The molecule has 0 aromatic heterocycles. The molecule has 1 atom stereocenters. The second-order valence-corrected chi connectivity index (χ2v) is 6.08. The molecule has 0 bridgehead atoms. The fraction of sp³-hybridized carbons (Fsp3) is 0.350. The lowest BCUT2D eigenvalue weighted by molar-refractivity contribution is 0.104. The molecule has 1 fully saturated rings. The van der Waals surface area contributed by atoms with Crippen molar-refractivity contribution in [3.63, 3.8) is 0 Å². The van der Waals surface area contributed by atoms with Crippen molar-refractivity contribution in [1.29, 1.82) is 0 Å². The Morgan fingerprint density at radius 3 is 2.36 bits per heavy atom. The third kappa shape index (κ3) is 6.75. The number of nitrogens with zero attached hydrogens (tertiary/aromatic N) is 1. The van der Waals surface area contributed by atoms with Gasteiger partial charge >= 0.3 is 6.09 Å². The molecule has 3 rings (SSSR count). The fourth-order valence-corrected chi connectivity index (χ4v) is 2.80. The summed E-state index contributed by atoms with van der Waals surface area (Å²) in [7, 11) is 1.44. The van der Waals surface area contributed by atoms with Crippen molar-refractivity contribution in [2.75, 3.05) is 37.8 Å². The number of nitrogens with two attached hydrogens (primary N) is 1. The highest BCUT2D eigenvalue weighted by molar-refractivity contribution is 5.67. The van der Waals surface area contributed by atoms with Crippen molar-refractivity contribution < 1.29 is 9.53 Å². The molecule has 3 N–H and O–H groups in total. The first-order valence-electron chi connectivity index (χ1n) is 8.61. The zero-order valence-corrected chi connectivity index (χ0v) is 14.7. The summed E-state index contributed by atoms with van der Waals surface area (Å²) in [6.07, 6.45) is 2.00. The predicted octanol–water partition coefficient (Wildman–Crippen LogP) is 3.85. The van der Waals surface area contributed by atoms with Crippen LogP contribution in [-0.2, 0) is 4.74 Å². The summed E-state index contributed by atoms with van der Waals surface area (Å²) in [5.41, 5.74) is 7.31. The van der Waals surface area contributed by atoms with E-state index < -0.39 is 0 Å². The van der Waals surface area contributed by atoms with Gasteiger partial charge < -0.3 is 20.7 Å². The Labute approximate surface area is 149 Å². The standard InChI is InChI=1S/C14H20N2O2.C6H7N/c1-18-14(17)16-9-5-6-12(11-16)10-15-13-7-3-2-4-8-13;7-6-4-2-1-3-5-6/h2-4,7-8,12,15H,5-6,9-11H2,1H3;1-5H,7H2. The van der Waals surface area contributed by atoms with Gasteiger partial charge in [0.15, 0.2) is 0 Å². The molecule has 0 radical (unpaired) electrons. The van der Waals surface area contributed by atoms with E-state index in [9.17, 15) is 4.79 Å². The maximum Gasteiger partial charge on any atom is 0.409 e. The number of nitrogens with one attached hydrogen (secondary N) is 1. The summed E-state index contributed by atoms with van der Waals surface area (Å²) in [5.74, 6) is 0.498. The van der Waals surface area contributed by atoms with Gasteiger partial charge in [-0.2, -0.15) is 0 Å². The number of hydrogen-bond acceptors (Lipinski definition) is 4. The van der Waals surface area contributed by atoms with Crippen LogP contribution in [-0.4, -0.2) is 37.7 Å². The number of anilines is 2. The third-order valence-electron chi connectivity index (χ3n) is 4.12. The maximum atomic E-state index is 11.5. The Morgan fingerprint density at radius 2 is 1.80 bits per heavy atom. The smallest absolute Gasteiger partial charge is 0.409 e. The molecule has 134 valence electrons. The zero-order chi connectivity index (χ0) is 17.9. The van der Waals surface area contributed by atoms with Crippen LogP contribution in [0.25, 0.3) is 0 Å². The molecule has 1 aliphatic rings. The minimum absolute atomic E-state index is 0.209. The Morgan fingerprint density at radius 1 is 1.16 bits per heavy atom. The van der Waals surface area contributed by atoms with Gasteiger partial charge in [0.05, 0.1) is 7.11 Å². The van der Waals surface area contributed by atoms with Gasteiger partial charge in [0.25, 0.3) is 0 Å². The van der Waals surface area contributed by atoms with Crippen molar-refractivity contribution >= 4 is 17.5 Å². The molecular formula is C20H27N3O2. The molecule has 1 saturated heterocycles. The SMILES string of the molecule is COC(=O)N1CCCC(CNc2ccccc2)C1.Nc1ccccc1. The van der Waals surface area contributed by atoms with E-state index >= 15 is 0 Å². The van der Waals surface area contributed by atoms with Crippen molar-refractivity contribution in [2.24, 2.45) is 5.92 Å². The maximum absolute atomic E-state index is 11.5. The Kier molecular flexibility index (Phi) is 7.63. The lowest BCUT2D eigenvalue weighted by atomic mass is 9.98. The Balaban J connectivity index is 0.000000269.